The molecule has 2 heterocycles. The van der Waals surface area contributed by atoms with Gasteiger partial charge in [0.25, 0.3) is 6.43 Å². The van der Waals surface area contributed by atoms with Gasteiger partial charge in [-0.2, -0.15) is 0 Å². The van der Waals surface area contributed by atoms with Crippen molar-refractivity contribution in [3.05, 3.63) is 59.6 Å². The van der Waals surface area contributed by atoms with Gasteiger partial charge in [0.2, 0.25) is 0 Å². The van der Waals surface area contributed by atoms with Crippen molar-refractivity contribution in [3.8, 4) is 5.75 Å². The molecule has 0 saturated carbocycles. The van der Waals surface area contributed by atoms with E-state index in [1.165, 1.54) is 12.3 Å². The molecule has 2 aromatic rings. The van der Waals surface area contributed by atoms with Crippen molar-refractivity contribution >= 4 is 23.1 Å². The van der Waals surface area contributed by atoms with Gasteiger partial charge in [-0.1, -0.05) is 18.2 Å². The van der Waals surface area contributed by atoms with Crippen LogP contribution in [0.5, 0.6) is 5.75 Å². The van der Waals surface area contributed by atoms with Crippen LogP contribution in [0, 0.1) is 0 Å². The predicted molar refractivity (Wildman–Crippen MR) is 117 cm³/mol. The maximum atomic E-state index is 13.4. The van der Waals surface area contributed by atoms with Crippen molar-refractivity contribution in [1.82, 2.24) is 4.98 Å². The average molecular weight is 415 g/mol. The molecule has 7 heteroatoms. The number of hydrogen-bond acceptors (Lipinski definition) is 5. The first-order valence-electron chi connectivity index (χ1n) is 9.93. The highest BCUT2D eigenvalue weighted by Gasteiger charge is 2.25. The SMILES string of the molecule is C=CNc1cc(OCCO)cc(N2CCCc3ncc(C(F)F)cc32)c1C=C(C)C. The standard InChI is InChI=1S/C23H27F2N3O2/c1-4-26-20-12-17(30-9-8-29)13-21(18(20)10-15(2)3)28-7-5-6-19-22(28)11-16(14-27-19)23(24)25/h4,10-14,23,26,29H,1,5-9H2,2-3H3. The fourth-order valence-corrected chi connectivity index (χ4v) is 3.57. The van der Waals surface area contributed by atoms with Gasteiger partial charge in [0, 0.05) is 36.0 Å². The highest BCUT2D eigenvalue weighted by Crippen LogP contribution is 2.41. The Morgan fingerprint density at radius 3 is 2.80 bits per heavy atom. The van der Waals surface area contributed by atoms with E-state index in [0.29, 0.717) is 18.0 Å². The highest BCUT2D eigenvalue weighted by atomic mass is 19.3. The number of halogens is 2. The Kier molecular flexibility index (Phi) is 7.05. The number of aromatic nitrogens is 1. The number of benzene rings is 1. The molecule has 0 amide bonds. The number of nitrogens with one attached hydrogen (secondary N) is 1. The van der Waals surface area contributed by atoms with E-state index in [-0.39, 0.29) is 18.8 Å². The van der Waals surface area contributed by atoms with Gasteiger partial charge >= 0.3 is 0 Å². The number of ether oxygens (including phenoxy) is 1. The molecule has 0 unspecified atom stereocenters. The van der Waals surface area contributed by atoms with Crippen LogP contribution in [0.4, 0.5) is 25.8 Å². The fourth-order valence-electron chi connectivity index (χ4n) is 3.57. The first kappa shape index (κ1) is 21.8. The van der Waals surface area contributed by atoms with Crippen LogP contribution in [-0.2, 0) is 6.42 Å². The number of rotatable bonds is 8. The van der Waals surface area contributed by atoms with Gasteiger partial charge in [0.1, 0.15) is 12.4 Å². The second-order valence-electron chi connectivity index (χ2n) is 7.34. The lowest BCUT2D eigenvalue weighted by molar-refractivity contribution is 0.151. The van der Waals surface area contributed by atoms with E-state index in [1.54, 1.807) is 6.20 Å². The molecule has 1 aliphatic heterocycles. The van der Waals surface area contributed by atoms with Gasteiger partial charge in [-0.3, -0.25) is 4.98 Å². The molecule has 1 aromatic heterocycles. The normalized spacial score (nSPS) is 13.1. The van der Waals surface area contributed by atoms with E-state index in [0.717, 1.165) is 41.0 Å². The van der Waals surface area contributed by atoms with Gasteiger partial charge < -0.3 is 20.1 Å². The average Bonchev–Trinajstić information content (AvgIpc) is 2.72. The summed E-state index contributed by atoms with van der Waals surface area (Å²) in [7, 11) is 0. The minimum atomic E-state index is -2.58. The van der Waals surface area contributed by atoms with Crippen LogP contribution in [0.15, 0.2) is 42.7 Å². The summed E-state index contributed by atoms with van der Waals surface area (Å²) in [5.74, 6) is 0.569. The molecule has 1 aliphatic rings. The summed E-state index contributed by atoms with van der Waals surface area (Å²) in [5, 5.41) is 12.3. The third-order valence-corrected chi connectivity index (χ3v) is 4.78. The summed E-state index contributed by atoms with van der Waals surface area (Å²) < 4.78 is 32.4. The molecule has 2 N–H and O–H groups in total. The summed E-state index contributed by atoms with van der Waals surface area (Å²) in [6.45, 7) is 8.47. The third kappa shape index (κ3) is 4.79. The Hall–Kier alpha value is -2.93. The van der Waals surface area contributed by atoms with Crippen LogP contribution < -0.4 is 15.0 Å². The quantitative estimate of drug-likeness (QED) is 0.600. The Bertz CT molecular complexity index is 940. The number of aryl methyl sites for hydroxylation is 1. The zero-order valence-corrected chi connectivity index (χ0v) is 17.3. The molecule has 0 atom stereocenters. The lowest BCUT2D eigenvalue weighted by Crippen LogP contribution is -2.26. The summed E-state index contributed by atoms with van der Waals surface area (Å²) in [6, 6.07) is 5.25. The predicted octanol–water partition coefficient (Wildman–Crippen LogP) is 5.45. The smallest absolute Gasteiger partial charge is 0.265 e. The van der Waals surface area contributed by atoms with Gasteiger partial charge in [0.05, 0.1) is 29.4 Å². The van der Waals surface area contributed by atoms with Gasteiger partial charge in [0.15, 0.2) is 0 Å². The van der Waals surface area contributed by atoms with Crippen molar-refractivity contribution in [3.63, 3.8) is 0 Å². The number of fused-ring (bicyclic) bond motifs is 1. The molecule has 5 nitrogen and oxygen atoms in total. The molecule has 30 heavy (non-hydrogen) atoms. The van der Waals surface area contributed by atoms with E-state index >= 15 is 0 Å². The largest absolute Gasteiger partial charge is 0.491 e. The maximum absolute atomic E-state index is 13.4. The Morgan fingerprint density at radius 1 is 1.33 bits per heavy atom. The van der Waals surface area contributed by atoms with Crippen molar-refractivity contribution in [2.24, 2.45) is 0 Å². The van der Waals surface area contributed by atoms with Crippen LogP contribution in [0.2, 0.25) is 0 Å². The number of anilines is 3. The number of allylic oxidation sites excluding steroid dienone is 1. The summed E-state index contributed by atoms with van der Waals surface area (Å²) in [6.07, 6.45) is 3.89. The van der Waals surface area contributed by atoms with Gasteiger partial charge in [-0.05, 0) is 39.0 Å². The second kappa shape index (κ2) is 9.71. The van der Waals surface area contributed by atoms with Gasteiger partial charge in [-0.15, -0.1) is 0 Å². The van der Waals surface area contributed by atoms with Crippen LogP contribution in [0.3, 0.4) is 0 Å². The van der Waals surface area contributed by atoms with Crippen LogP contribution in [0.25, 0.3) is 6.08 Å². The van der Waals surface area contributed by atoms with E-state index in [9.17, 15) is 8.78 Å². The first-order valence-corrected chi connectivity index (χ1v) is 9.93. The van der Waals surface area contributed by atoms with Crippen molar-refractivity contribution in [2.45, 2.75) is 33.1 Å². The Morgan fingerprint density at radius 2 is 2.13 bits per heavy atom. The summed E-state index contributed by atoms with van der Waals surface area (Å²) in [4.78, 5) is 6.32. The third-order valence-electron chi connectivity index (χ3n) is 4.78. The zero-order chi connectivity index (χ0) is 21.7. The van der Waals surface area contributed by atoms with E-state index in [1.807, 2.05) is 37.0 Å². The van der Waals surface area contributed by atoms with Crippen LogP contribution in [-0.4, -0.2) is 29.8 Å². The molecule has 160 valence electrons. The number of alkyl halides is 2. The molecule has 0 aliphatic carbocycles. The highest BCUT2D eigenvalue weighted by molar-refractivity contribution is 5.85. The monoisotopic (exact) mass is 415 g/mol. The molecule has 0 bridgehead atoms. The first-order chi connectivity index (χ1) is 14.4. The number of aliphatic hydroxyl groups excluding tert-OH is 1. The maximum Gasteiger partial charge on any atom is 0.265 e. The number of hydrogen-bond donors (Lipinski definition) is 2. The molecule has 0 spiro atoms. The number of pyridine rings is 1. The molecule has 0 radical (unpaired) electrons. The zero-order valence-electron chi connectivity index (χ0n) is 17.3. The molecule has 1 aromatic carbocycles. The molecule has 0 fully saturated rings. The lowest BCUT2D eigenvalue weighted by atomic mass is 10.0. The van der Waals surface area contributed by atoms with Crippen molar-refractivity contribution < 1.29 is 18.6 Å². The summed E-state index contributed by atoms with van der Waals surface area (Å²) >= 11 is 0. The lowest BCUT2D eigenvalue weighted by Gasteiger charge is -2.33. The summed E-state index contributed by atoms with van der Waals surface area (Å²) in [5.41, 5.74) is 4.99. The van der Waals surface area contributed by atoms with E-state index in [2.05, 4.69) is 16.9 Å². The van der Waals surface area contributed by atoms with Crippen molar-refractivity contribution in [2.75, 3.05) is 30.0 Å². The van der Waals surface area contributed by atoms with Crippen LogP contribution >= 0.6 is 0 Å². The molecule has 0 saturated heterocycles. The number of nitrogens with zero attached hydrogens (tertiary/aromatic N) is 2. The topological polar surface area (TPSA) is 57.6 Å². The molecule has 3 rings (SSSR count). The molecular formula is C23H27F2N3O2. The Labute approximate surface area is 175 Å². The second-order valence-corrected chi connectivity index (χ2v) is 7.34. The fraction of sp³-hybridized carbons (Fsp3) is 0.348. The number of aliphatic hydroxyl groups is 1. The van der Waals surface area contributed by atoms with Gasteiger partial charge in [-0.25, -0.2) is 8.78 Å². The minimum Gasteiger partial charge on any atom is -0.491 e. The Balaban J connectivity index is 2.21. The minimum absolute atomic E-state index is 0.0958. The molecular weight excluding hydrogens is 388 g/mol. The van der Waals surface area contributed by atoms with E-state index in [4.69, 9.17) is 9.84 Å². The van der Waals surface area contributed by atoms with Crippen molar-refractivity contribution in [1.29, 1.82) is 0 Å². The van der Waals surface area contributed by atoms with E-state index < -0.39 is 6.43 Å². The van der Waals surface area contributed by atoms with Crippen LogP contribution in [0.1, 0.15) is 43.5 Å².